The van der Waals surface area contributed by atoms with Gasteiger partial charge in [-0.2, -0.15) is 4.31 Å². The third-order valence-corrected chi connectivity index (χ3v) is 7.44. The smallest absolute Gasteiger partial charge is 0.251 e. The van der Waals surface area contributed by atoms with E-state index in [1.54, 1.807) is 12.1 Å². The molecule has 0 saturated carbocycles. The molecule has 1 saturated heterocycles. The quantitative estimate of drug-likeness (QED) is 0.512. The van der Waals surface area contributed by atoms with Crippen LogP contribution in [-0.2, 0) is 10.0 Å². The van der Waals surface area contributed by atoms with Gasteiger partial charge in [-0.25, -0.2) is 8.42 Å². The molecule has 0 radical (unpaired) electrons. The van der Waals surface area contributed by atoms with E-state index in [9.17, 15) is 28.5 Å². The van der Waals surface area contributed by atoms with Crippen molar-refractivity contribution in [2.75, 3.05) is 20.2 Å². The first kappa shape index (κ1) is 22.7. The van der Waals surface area contributed by atoms with Crippen LogP contribution in [0.25, 0.3) is 0 Å². The zero-order valence-corrected chi connectivity index (χ0v) is 18.4. The SMILES string of the molecule is COc1cc(C)c(C)cc1S(=O)(=O)N1CCC(NC(=O)c2cc(O)c(O)c(O)c2)CC1. The number of nitrogens with zero attached hydrogens (tertiary/aromatic N) is 1. The fourth-order valence-electron chi connectivity index (χ4n) is 3.51. The highest BCUT2D eigenvalue weighted by atomic mass is 32.2. The molecule has 0 unspecified atom stereocenters. The number of carbonyl (C=O) groups is 1. The van der Waals surface area contributed by atoms with Crippen molar-refractivity contribution in [1.82, 2.24) is 9.62 Å². The van der Waals surface area contributed by atoms with E-state index >= 15 is 0 Å². The first-order valence-corrected chi connectivity index (χ1v) is 11.2. The van der Waals surface area contributed by atoms with Crippen molar-refractivity contribution in [1.29, 1.82) is 0 Å². The summed E-state index contributed by atoms with van der Waals surface area (Å²) in [6.45, 7) is 4.16. The summed E-state index contributed by atoms with van der Waals surface area (Å²) in [5.41, 5.74) is 1.77. The number of hydrogen-bond donors (Lipinski definition) is 4. The number of ether oxygens (including phenoxy) is 1. The molecule has 168 valence electrons. The molecule has 1 fully saturated rings. The molecule has 2 aromatic rings. The molecule has 1 aliphatic rings. The minimum atomic E-state index is -3.76. The fourth-order valence-corrected chi connectivity index (χ4v) is 5.20. The van der Waals surface area contributed by atoms with Crippen LogP contribution in [0, 0.1) is 13.8 Å². The van der Waals surface area contributed by atoms with E-state index < -0.39 is 33.2 Å². The lowest BCUT2D eigenvalue weighted by Gasteiger charge is -2.32. The Morgan fingerprint density at radius 1 is 1.03 bits per heavy atom. The third-order valence-electron chi connectivity index (χ3n) is 5.52. The molecule has 10 heteroatoms. The van der Waals surface area contributed by atoms with Crippen molar-refractivity contribution in [2.24, 2.45) is 0 Å². The fraction of sp³-hybridized carbons (Fsp3) is 0.381. The number of nitrogens with one attached hydrogen (secondary N) is 1. The molecule has 3 rings (SSSR count). The van der Waals surface area contributed by atoms with Gasteiger partial charge in [0.05, 0.1) is 7.11 Å². The van der Waals surface area contributed by atoms with Gasteiger partial charge in [-0.15, -0.1) is 0 Å². The number of hydrogen-bond acceptors (Lipinski definition) is 7. The molecule has 9 nitrogen and oxygen atoms in total. The first-order valence-electron chi connectivity index (χ1n) is 9.75. The molecule has 31 heavy (non-hydrogen) atoms. The van der Waals surface area contributed by atoms with Crippen molar-refractivity contribution in [3.05, 3.63) is 41.0 Å². The maximum Gasteiger partial charge on any atom is 0.251 e. The van der Waals surface area contributed by atoms with Crippen molar-refractivity contribution in [2.45, 2.75) is 37.6 Å². The molecule has 1 heterocycles. The average molecular weight is 451 g/mol. The Kier molecular flexibility index (Phi) is 6.33. The summed E-state index contributed by atoms with van der Waals surface area (Å²) < 4.78 is 33.0. The third kappa shape index (κ3) is 4.54. The van der Waals surface area contributed by atoms with Gasteiger partial charge in [0.15, 0.2) is 17.2 Å². The topological polar surface area (TPSA) is 136 Å². The van der Waals surface area contributed by atoms with E-state index in [0.717, 1.165) is 23.3 Å². The number of methoxy groups -OCH3 is 1. The number of aryl methyl sites for hydroxylation is 2. The van der Waals surface area contributed by atoms with Crippen molar-refractivity contribution in [3.63, 3.8) is 0 Å². The van der Waals surface area contributed by atoms with Crippen molar-refractivity contribution < 1.29 is 33.3 Å². The minimum Gasteiger partial charge on any atom is -0.504 e. The lowest BCUT2D eigenvalue weighted by Crippen LogP contribution is -2.46. The Morgan fingerprint density at radius 2 is 1.58 bits per heavy atom. The lowest BCUT2D eigenvalue weighted by atomic mass is 10.1. The molecule has 2 aromatic carbocycles. The normalized spacial score (nSPS) is 15.6. The Bertz CT molecular complexity index is 1080. The molecule has 0 spiro atoms. The van der Waals surface area contributed by atoms with Gasteiger partial charge in [0, 0.05) is 24.7 Å². The predicted octanol–water partition coefficient (Wildman–Crippen LogP) is 2.01. The van der Waals surface area contributed by atoms with Crippen LogP contribution in [0.3, 0.4) is 0 Å². The van der Waals surface area contributed by atoms with Crippen molar-refractivity contribution >= 4 is 15.9 Å². The number of benzene rings is 2. The Labute approximate surface area is 180 Å². The second kappa shape index (κ2) is 8.64. The van der Waals surface area contributed by atoms with E-state index in [0.29, 0.717) is 18.6 Å². The molecule has 4 N–H and O–H groups in total. The number of piperidine rings is 1. The highest BCUT2D eigenvalue weighted by Crippen LogP contribution is 2.35. The summed E-state index contributed by atoms with van der Waals surface area (Å²) in [6, 6.07) is 5.14. The maximum absolute atomic E-state index is 13.2. The van der Waals surface area contributed by atoms with E-state index in [-0.39, 0.29) is 29.6 Å². The highest BCUT2D eigenvalue weighted by molar-refractivity contribution is 7.89. The predicted molar refractivity (Wildman–Crippen MR) is 113 cm³/mol. The Morgan fingerprint density at radius 3 is 2.13 bits per heavy atom. The number of amides is 1. The number of phenols is 3. The summed E-state index contributed by atoms with van der Waals surface area (Å²) >= 11 is 0. The van der Waals surface area contributed by atoms with Gasteiger partial charge in [0.2, 0.25) is 10.0 Å². The lowest BCUT2D eigenvalue weighted by molar-refractivity contribution is 0.0923. The van der Waals surface area contributed by atoms with Crippen LogP contribution in [0.2, 0.25) is 0 Å². The molecule has 1 amide bonds. The van der Waals surface area contributed by atoms with Gasteiger partial charge in [-0.3, -0.25) is 4.79 Å². The molecule has 0 aromatic heterocycles. The first-order chi connectivity index (χ1) is 14.5. The van der Waals surface area contributed by atoms with E-state index in [4.69, 9.17) is 4.74 Å². The van der Waals surface area contributed by atoms with Crippen LogP contribution in [0.4, 0.5) is 0 Å². The van der Waals surface area contributed by atoms with Crippen LogP contribution in [0.5, 0.6) is 23.0 Å². The van der Waals surface area contributed by atoms with Gasteiger partial charge < -0.3 is 25.4 Å². The van der Waals surface area contributed by atoms with Gasteiger partial charge >= 0.3 is 0 Å². The van der Waals surface area contributed by atoms with E-state index in [2.05, 4.69) is 5.32 Å². The maximum atomic E-state index is 13.2. The van der Waals surface area contributed by atoms with Gasteiger partial charge in [0.1, 0.15) is 10.6 Å². The molecule has 0 bridgehead atoms. The Balaban J connectivity index is 1.69. The van der Waals surface area contributed by atoms with Crippen LogP contribution in [0.1, 0.15) is 34.3 Å². The average Bonchev–Trinajstić information content (AvgIpc) is 2.73. The van der Waals surface area contributed by atoms with Crippen molar-refractivity contribution in [3.8, 4) is 23.0 Å². The number of carbonyl (C=O) groups excluding carboxylic acids is 1. The van der Waals surface area contributed by atoms with Crippen LogP contribution in [-0.4, -0.2) is 60.2 Å². The number of rotatable bonds is 5. The molecular formula is C21H26N2O7S. The zero-order chi connectivity index (χ0) is 22.9. The number of phenolic OH excluding ortho intramolecular Hbond substituents is 3. The summed E-state index contributed by atoms with van der Waals surface area (Å²) in [5, 5.41) is 31.3. The molecule has 0 atom stereocenters. The van der Waals surface area contributed by atoms with Gasteiger partial charge in [0.25, 0.3) is 5.91 Å². The van der Waals surface area contributed by atoms with Crippen LogP contribution in [0.15, 0.2) is 29.2 Å². The standard InChI is InChI=1S/C21H26N2O7S/c1-12-8-18(30-3)19(9-13(12)2)31(28,29)23-6-4-15(5-7-23)22-21(27)14-10-16(24)20(26)17(25)11-14/h8-11,15,24-26H,4-7H2,1-3H3,(H,22,27). The van der Waals surface area contributed by atoms with Gasteiger partial charge in [-0.05, 0) is 62.1 Å². The zero-order valence-electron chi connectivity index (χ0n) is 17.5. The van der Waals surface area contributed by atoms with E-state index in [1.807, 2.05) is 13.8 Å². The van der Waals surface area contributed by atoms with Crippen LogP contribution >= 0.6 is 0 Å². The second-order valence-electron chi connectivity index (χ2n) is 7.60. The monoisotopic (exact) mass is 450 g/mol. The highest BCUT2D eigenvalue weighted by Gasteiger charge is 2.32. The van der Waals surface area contributed by atoms with Crippen LogP contribution < -0.4 is 10.1 Å². The Hall–Kier alpha value is -2.98. The summed E-state index contributed by atoms with van der Waals surface area (Å²) in [7, 11) is -2.33. The summed E-state index contributed by atoms with van der Waals surface area (Å²) in [5.74, 6) is -2.15. The molecule has 1 aliphatic heterocycles. The second-order valence-corrected chi connectivity index (χ2v) is 9.51. The number of aromatic hydroxyl groups is 3. The van der Waals surface area contributed by atoms with Gasteiger partial charge in [-0.1, -0.05) is 0 Å². The molecule has 0 aliphatic carbocycles. The number of sulfonamides is 1. The molecular weight excluding hydrogens is 424 g/mol. The van der Waals surface area contributed by atoms with E-state index in [1.165, 1.54) is 11.4 Å². The largest absolute Gasteiger partial charge is 0.504 e. The minimum absolute atomic E-state index is 0.0114. The summed E-state index contributed by atoms with van der Waals surface area (Å²) in [6.07, 6.45) is 0.794. The summed E-state index contributed by atoms with van der Waals surface area (Å²) in [4.78, 5) is 12.5.